The zero-order valence-corrected chi connectivity index (χ0v) is 18.0. The Morgan fingerprint density at radius 2 is 2.06 bits per heavy atom. The number of hydrogen-bond donors (Lipinski definition) is 3. The van der Waals surface area contributed by atoms with Gasteiger partial charge in [0.25, 0.3) is 5.91 Å². The lowest BCUT2D eigenvalue weighted by Crippen LogP contribution is -2.23. The molecule has 1 amide bonds. The highest BCUT2D eigenvalue weighted by atomic mass is 35.5. The van der Waals surface area contributed by atoms with Crippen molar-refractivity contribution in [2.45, 2.75) is 13.1 Å². The normalized spacial score (nSPS) is 11.0. The molecule has 3 aromatic heterocycles. The number of aromatic nitrogens is 5. The standard InChI is InChI=1S/C23H17ClN8O/c24-16-5-14-7-17(9-27-23(33)18-4-2-1-3-13(18)8-25)31-19(14)15(6-16)10-32-12-30-20-21(26)28-11-29-22(20)32/h1-7,11-12,31H,9-10H2,(H,27,33)(H2,26,28,29). The molecule has 0 fully saturated rings. The number of benzene rings is 2. The van der Waals surface area contributed by atoms with E-state index in [1.807, 2.05) is 28.8 Å². The molecule has 0 aliphatic carbocycles. The Morgan fingerprint density at radius 1 is 1.21 bits per heavy atom. The number of fused-ring (bicyclic) bond motifs is 2. The van der Waals surface area contributed by atoms with Crippen LogP contribution >= 0.6 is 11.6 Å². The van der Waals surface area contributed by atoms with Gasteiger partial charge in [0.2, 0.25) is 0 Å². The molecule has 0 aliphatic heterocycles. The van der Waals surface area contributed by atoms with Crippen LogP contribution in [-0.2, 0) is 13.1 Å². The molecule has 0 bridgehead atoms. The van der Waals surface area contributed by atoms with Crippen LogP contribution in [0, 0.1) is 11.3 Å². The van der Waals surface area contributed by atoms with Crippen LogP contribution in [0.25, 0.3) is 22.1 Å². The number of amides is 1. The van der Waals surface area contributed by atoms with E-state index in [1.54, 1.807) is 30.6 Å². The SMILES string of the molecule is N#Cc1ccccc1C(=O)NCc1cc2cc(Cl)cc(Cn3cnc4c(N)ncnc43)c2[nH]1. The van der Waals surface area contributed by atoms with E-state index in [1.165, 1.54) is 6.33 Å². The van der Waals surface area contributed by atoms with Gasteiger partial charge in [0, 0.05) is 16.1 Å². The number of carbonyl (C=O) groups is 1. The number of nitrogens with one attached hydrogen (secondary N) is 2. The first-order valence-electron chi connectivity index (χ1n) is 10.0. The number of nitrogens with zero attached hydrogens (tertiary/aromatic N) is 5. The maximum atomic E-state index is 12.6. The molecule has 0 saturated carbocycles. The molecule has 3 heterocycles. The zero-order valence-electron chi connectivity index (χ0n) is 17.2. The first kappa shape index (κ1) is 20.5. The number of imidazole rings is 1. The van der Waals surface area contributed by atoms with E-state index < -0.39 is 0 Å². The van der Waals surface area contributed by atoms with Gasteiger partial charge in [-0.2, -0.15) is 5.26 Å². The van der Waals surface area contributed by atoms with Crippen molar-refractivity contribution in [3.05, 3.63) is 82.5 Å². The summed E-state index contributed by atoms with van der Waals surface area (Å²) in [6, 6.07) is 14.4. The number of H-pyrrole nitrogens is 1. The lowest BCUT2D eigenvalue weighted by Gasteiger charge is -2.07. The minimum Gasteiger partial charge on any atom is -0.382 e. The Hall–Kier alpha value is -4.42. The van der Waals surface area contributed by atoms with Crippen LogP contribution in [-0.4, -0.2) is 30.4 Å². The molecule has 0 aliphatic rings. The van der Waals surface area contributed by atoms with E-state index >= 15 is 0 Å². The topological polar surface area (TPSA) is 138 Å². The van der Waals surface area contributed by atoms with E-state index in [0.29, 0.717) is 39.7 Å². The van der Waals surface area contributed by atoms with Gasteiger partial charge in [0.1, 0.15) is 11.8 Å². The third kappa shape index (κ3) is 3.84. The number of nitrogen functional groups attached to an aromatic ring is 1. The smallest absolute Gasteiger partial charge is 0.252 e. The summed E-state index contributed by atoms with van der Waals surface area (Å²) in [5.41, 5.74) is 10.4. The Labute approximate surface area is 192 Å². The number of nitrogens with two attached hydrogens (primary N) is 1. The molecule has 4 N–H and O–H groups in total. The van der Waals surface area contributed by atoms with Crippen LogP contribution in [0.3, 0.4) is 0 Å². The van der Waals surface area contributed by atoms with Gasteiger partial charge in [-0.05, 0) is 35.9 Å². The van der Waals surface area contributed by atoms with Crippen LogP contribution in [0.15, 0.2) is 55.1 Å². The largest absolute Gasteiger partial charge is 0.382 e. The summed E-state index contributed by atoms with van der Waals surface area (Å²) in [5.74, 6) is 0.0112. The van der Waals surface area contributed by atoms with Gasteiger partial charge in [0.15, 0.2) is 11.5 Å². The Bertz CT molecular complexity index is 1560. The lowest BCUT2D eigenvalue weighted by atomic mass is 10.1. The predicted octanol–water partition coefficient (Wildman–Crippen LogP) is 3.39. The zero-order chi connectivity index (χ0) is 22.9. The van der Waals surface area contributed by atoms with Crippen molar-refractivity contribution in [1.82, 2.24) is 29.8 Å². The van der Waals surface area contributed by atoms with Gasteiger partial charge in [0.05, 0.1) is 42.1 Å². The average Bonchev–Trinajstić information content (AvgIpc) is 3.42. The van der Waals surface area contributed by atoms with Crippen molar-refractivity contribution in [3.8, 4) is 6.07 Å². The van der Waals surface area contributed by atoms with Crippen molar-refractivity contribution >= 4 is 45.4 Å². The molecule has 5 rings (SSSR count). The number of hydrogen-bond acceptors (Lipinski definition) is 6. The quantitative estimate of drug-likeness (QED) is 0.370. The summed E-state index contributed by atoms with van der Waals surface area (Å²) in [6.45, 7) is 0.730. The van der Waals surface area contributed by atoms with Crippen LogP contribution in [0.2, 0.25) is 5.02 Å². The fraction of sp³-hybridized carbons (Fsp3) is 0.0870. The second-order valence-corrected chi connectivity index (χ2v) is 7.90. The number of halogens is 1. The van der Waals surface area contributed by atoms with Crippen molar-refractivity contribution < 1.29 is 4.79 Å². The molecule has 0 spiro atoms. The second kappa shape index (κ2) is 8.26. The van der Waals surface area contributed by atoms with E-state index in [9.17, 15) is 10.1 Å². The van der Waals surface area contributed by atoms with Crippen LogP contribution in [0.1, 0.15) is 27.2 Å². The number of aromatic amines is 1. The third-order valence-corrected chi connectivity index (χ3v) is 5.55. The molecule has 5 aromatic rings. The van der Waals surface area contributed by atoms with E-state index in [-0.39, 0.29) is 12.5 Å². The molecule has 0 atom stereocenters. The fourth-order valence-electron chi connectivity index (χ4n) is 3.80. The van der Waals surface area contributed by atoms with Gasteiger partial charge in [-0.3, -0.25) is 4.79 Å². The van der Waals surface area contributed by atoms with Gasteiger partial charge in [-0.25, -0.2) is 15.0 Å². The highest BCUT2D eigenvalue weighted by Gasteiger charge is 2.14. The number of rotatable bonds is 5. The molecule has 0 radical (unpaired) electrons. The predicted molar refractivity (Wildman–Crippen MR) is 124 cm³/mol. The second-order valence-electron chi connectivity index (χ2n) is 7.47. The summed E-state index contributed by atoms with van der Waals surface area (Å²) < 4.78 is 1.87. The molecule has 0 saturated heterocycles. The maximum absolute atomic E-state index is 12.6. The molecule has 10 heteroatoms. The lowest BCUT2D eigenvalue weighted by molar-refractivity contribution is 0.0950. The van der Waals surface area contributed by atoms with Crippen molar-refractivity contribution in [1.29, 1.82) is 5.26 Å². The summed E-state index contributed by atoms with van der Waals surface area (Å²) in [7, 11) is 0. The maximum Gasteiger partial charge on any atom is 0.252 e. The summed E-state index contributed by atoms with van der Waals surface area (Å²) in [4.78, 5) is 28.5. The highest BCUT2D eigenvalue weighted by Crippen LogP contribution is 2.26. The first-order valence-corrected chi connectivity index (χ1v) is 10.4. The van der Waals surface area contributed by atoms with E-state index in [2.05, 4.69) is 25.3 Å². The monoisotopic (exact) mass is 456 g/mol. The summed E-state index contributed by atoms with van der Waals surface area (Å²) >= 11 is 6.37. The number of carbonyl (C=O) groups excluding carboxylic acids is 1. The fourth-order valence-corrected chi connectivity index (χ4v) is 4.05. The van der Waals surface area contributed by atoms with Crippen molar-refractivity contribution in [2.75, 3.05) is 5.73 Å². The van der Waals surface area contributed by atoms with Gasteiger partial charge in [-0.1, -0.05) is 23.7 Å². The Kier molecular flexibility index (Phi) is 5.12. The average molecular weight is 457 g/mol. The van der Waals surface area contributed by atoms with E-state index in [4.69, 9.17) is 17.3 Å². The summed E-state index contributed by atoms with van der Waals surface area (Å²) in [5, 5.41) is 13.6. The number of anilines is 1. The van der Waals surface area contributed by atoms with E-state index in [0.717, 1.165) is 22.2 Å². The van der Waals surface area contributed by atoms with Crippen LogP contribution < -0.4 is 11.1 Å². The van der Waals surface area contributed by atoms with Gasteiger partial charge < -0.3 is 20.6 Å². The third-order valence-electron chi connectivity index (χ3n) is 5.33. The number of nitriles is 1. The Balaban J connectivity index is 1.42. The first-order chi connectivity index (χ1) is 16.0. The van der Waals surface area contributed by atoms with Gasteiger partial charge >= 0.3 is 0 Å². The van der Waals surface area contributed by atoms with Crippen LogP contribution in [0.4, 0.5) is 5.82 Å². The van der Waals surface area contributed by atoms with Crippen molar-refractivity contribution in [3.63, 3.8) is 0 Å². The highest BCUT2D eigenvalue weighted by molar-refractivity contribution is 6.31. The molecule has 162 valence electrons. The molecule has 33 heavy (non-hydrogen) atoms. The molecular formula is C23H17ClN8O. The summed E-state index contributed by atoms with van der Waals surface area (Å²) in [6.07, 6.45) is 3.07. The molecule has 0 unspecified atom stereocenters. The Morgan fingerprint density at radius 3 is 2.91 bits per heavy atom. The minimum atomic E-state index is -0.314. The minimum absolute atomic E-state index is 0.266. The molecule has 9 nitrogen and oxygen atoms in total. The van der Waals surface area contributed by atoms with Crippen LogP contribution in [0.5, 0.6) is 0 Å². The molecular weight excluding hydrogens is 440 g/mol. The molecule has 2 aromatic carbocycles. The van der Waals surface area contributed by atoms with Gasteiger partial charge in [-0.15, -0.1) is 0 Å². The van der Waals surface area contributed by atoms with Crippen molar-refractivity contribution in [2.24, 2.45) is 0 Å².